The molecule has 5 nitrogen and oxygen atoms in total. The van der Waals surface area contributed by atoms with Crippen LogP contribution >= 0.6 is 11.6 Å². The van der Waals surface area contributed by atoms with Gasteiger partial charge in [0, 0.05) is 6.04 Å². The standard InChI is InChI=1S/C12H13ClN2O3/c1-5(2)15-12(18)8-7(11(17)14-15)4-6(3)10(16)9(8)13/h4-5,16H,1-3H3,(H,14,17). The number of phenolic OH excluding ortho intramolecular Hbond substituents is 1. The van der Waals surface area contributed by atoms with E-state index in [1.165, 1.54) is 10.7 Å². The summed E-state index contributed by atoms with van der Waals surface area (Å²) < 4.78 is 1.20. The summed E-state index contributed by atoms with van der Waals surface area (Å²) in [5.41, 5.74) is -0.358. The summed E-state index contributed by atoms with van der Waals surface area (Å²) in [6, 6.07) is 1.26. The fourth-order valence-electron chi connectivity index (χ4n) is 1.86. The molecule has 0 aliphatic heterocycles. The molecule has 0 amide bonds. The topological polar surface area (TPSA) is 75.1 Å². The van der Waals surface area contributed by atoms with Crippen LogP contribution in [0.1, 0.15) is 25.5 Å². The molecule has 1 heterocycles. The molecule has 96 valence electrons. The average Bonchev–Trinajstić information content (AvgIpc) is 2.30. The predicted molar refractivity (Wildman–Crippen MR) is 70.6 cm³/mol. The van der Waals surface area contributed by atoms with E-state index in [1.54, 1.807) is 20.8 Å². The van der Waals surface area contributed by atoms with Gasteiger partial charge in [-0.2, -0.15) is 0 Å². The van der Waals surface area contributed by atoms with Gasteiger partial charge in [0.1, 0.15) is 5.75 Å². The molecule has 0 aliphatic rings. The van der Waals surface area contributed by atoms with Gasteiger partial charge in [-0.15, -0.1) is 0 Å². The zero-order chi connectivity index (χ0) is 13.6. The molecule has 0 saturated carbocycles. The van der Waals surface area contributed by atoms with Gasteiger partial charge in [-0.1, -0.05) is 11.6 Å². The molecule has 2 aromatic rings. The second kappa shape index (κ2) is 4.17. The third kappa shape index (κ3) is 1.71. The average molecular weight is 269 g/mol. The minimum Gasteiger partial charge on any atom is -0.506 e. The number of nitrogens with zero attached hydrogens (tertiary/aromatic N) is 1. The molecule has 1 aromatic carbocycles. The van der Waals surface area contributed by atoms with Gasteiger partial charge in [-0.3, -0.25) is 14.7 Å². The monoisotopic (exact) mass is 268 g/mol. The van der Waals surface area contributed by atoms with E-state index in [2.05, 4.69) is 5.10 Å². The molecule has 0 saturated heterocycles. The lowest BCUT2D eigenvalue weighted by atomic mass is 10.1. The van der Waals surface area contributed by atoms with Crippen molar-refractivity contribution in [3.8, 4) is 5.75 Å². The van der Waals surface area contributed by atoms with Crippen LogP contribution in [0.15, 0.2) is 15.7 Å². The molecular weight excluding hydrogens is 256 g/mol. The molecule has 0 fully saturated rings. The summed E-state index contributed by atoms with van der Waals surface area (Å²) in [6.07, 6.45) is 0. The first-order chi connectivity index (χ1) is 8.34. The van der Waals surface area contributed by atoms with E-state index < -0.39 is 11.1 Å². The Kier molecular flexibility index (Phi) is 2.94. The van der Waals surface area contributed by atoms with Crippen molar-refractivity contribution in [2.75, 3.05) is 0 Å². The van der Waals surface area contributed by atoms with Gasteiger partial charge in [0.05, 0.1) is 15.8 Å². The zero-order valence-electron chi connectivity index (χ0n) is 10.2. The maximum atomic E-state index is 12.2. The molecule has 0 atom stereocenters. The second-order valence-electron chi connectivity index (χ2n) is 4.49. The predicted octanol–water partition coefficient (Wildman–Crippen LogP) is 1.94. The number of halogens is 1. The minimum atomic E-state index is -0.417. The zero-order valence-corrected chi connectivity index (χ0v) is 11.0. The molecule has 0 radical (unpaired) electrons. The van der Waals surface area contributed by atoms with Gasteiger partial charge in [0.25, 0.3) is 11.1 Å². The molecular formula is C12H13ClN2O3. The van der Waals surface area contributed by atoms with Gasteiger partial charge in [-0.05, 0) is 32.4 Å². The molecule has 6 heteroatoms. The first kappa shape index (κ1) is 12.7. The minimum absolute atomic E-state index is 0.0530. The first-order valence-electron chi connectivity index (χ1n) is 5.51. The van der Waals surface area contributed by atoms with E-state index in [4.69, 9.17) is 11.6 Å². The Morgan fingerprint density at radius 2 is 2.00 bits per heavy atom. The highest BCUT2D eigenvalue weighted by molar-refractivity contribution is 6.37. The molecule has 18 heavy (non-hydrogen) atoms. The van der Waals surface area contributed by atoms with Crippen molar-refractivity contribution in [2.24, 2.45) is 0 Å². The van der Waals surface area contributed by atoms with E-state index >= 15 is 0 Å². The lowest BCUT2D eigenvalue weighted by Gasteiger charge is -2.12. The highest BCUT2D eigenvalue weighted by Gasteiger charge is 2.16. The second-order valence-corrected chi connectivity index (χ2v) is 4.87. The van der Waals surface area contributed by atoms with Crippen LogP contribution in [-0.4, -0.2) is 14.9 Å². The van der Waals surface area contributed by atoms with E-state index in [0.717, 1.165) is 0 Å². The van der Waals surface area contributed by atoms with Gasteiger partial charge in [0.15, 0.2) is 0 Å². The number of hydrogen-bond acceptors (Lipinski definition) is 3. The highest BCUT2D eigenvalue weighted by Crippen LogP contribution is 2.31. The normalized spacial score (nSPS) is 11.4. The number of phenols is 1. The Morgan fingerprint density at radius 3 is 2.56 bits per heavy atom. The number of benzene rings is 1. The Hall–Kier alpha value is -1.75. The summed E-state index contributed by atoms with van der Waals surface area (Å²) in [7, 11) is 0. The molecule has 0 aliphatic carbocycles. The van der Waals surface area contributed by atoms with E-state index in [-0.39, 0.29) is 27.6 Å². The number of nitrogens with one attached hydrogen (secondary N) is 1. The van der Waals surface area contributed by atoms with Gasteiger partial charge >= 0.3 is 0 Å². The van der Waals surface area contributed by atoms with Crippen LogP contribution in [0.25, 0.3) is 10.8 Å². The first-order valence-corrected chi connectivity index (χ1v) is 5.89. The fourth-order valence-corrected chi connectivity index (χ4v) is 2.19. The Bertz CT molecular complexity index is 744. The Balaban J connectivity index is 3.10. The molecule has 1 aromatic heterocycles. The van der Waals surface area contributed by atoms with Crippen molar-refractivity contribution in [1.82, 2.24) is 9.78 Å². The number of rotatable bonds is 1. The third-order valence-corrected chi connectivity index (χ3v) is 3.21. The summed E-state index contributed by atoms with van der Waals surface area (Å²) in [5.74, 6) is -0.165. The summed E-state index contributed by atoms with van der Waals surface area (Å²) in [5, 5.41) is 12.4. The van der Waals surface area contributed by atoms with Crippen LogP contribution in [-0.2, 0) is 0 Å². The number of aromatic amines is 1. The largest absolute Gasteiger partial charge is 0.506 e. The summed E-state index contributed by atoms with van der Waals surface area (Å²) in [6.45, 7) is 5.16. The Morgan fingerprint density at radius 1 is 1.39 bits per heavy atom. The lowest BCUT2D eigenvalue weighted by Crippen LogP contribution is -2.31. The van der Waals surface area contributed by atoms with Gasteiger partial charge < -0.3 is 5.11 Å². The van der Waals surface area contributed by atoms with Crippen molar-refractivity contribution < 1.29 is 5.11 Å². The van der Waals surface area contributed by atoms with E-state index in [1.807, 2.05) is 0 Å². The quantitative estimate of drug-likeness (QED) is 0.830. The van der Waals surface area contributed by atoms with Gasteiger partial charge in [-0.25, -0.2) is 4.68 Å². The number of H-pyrrole nitrogens is 1. The highest BCUT2D eigenvalue weighted by atomic mass is 35.5. The smallest absolute Gasteiger partial charge is 0.275 e. The van der Waals surface area contributed by atoms with E-state index in [0.29, 0.717) is 5.56 Å². The molecule has 0 spiro atoms. The molecule has 2 N–H and O–H groups in total. The number of aromatic nitrogens is 2. The molecule has 0 unspecified atom stereocenters. The number of fused-ring (bicyclic) bond motifs is 1. The Labute approximate surface area is 108 Å². The van der Waals surface area contributed by atoms with Crippen LogP contribution in [0.2, 0.25) is 5.02 Å². The number of hydrogen-bond donors (Lipinski definition) is 2. The van der Waals surface area contributed by atoms with Crippen molar-refractivity contribution in [3.05, 3.63) is 37.4 Å². The van der Waals surface area contributed by atoms with Crippen LogP contribution in [0.3, 0.4) is 0 Å². The third-order valence-electron chi connectivity index (χ3n) is 2.85. The van der Waals surface area contributed by atoms with Crippen molar-refractivity contribution in [1.29, 1.82) is 0 Å². The van der Waals surface area contributed by atoms with Crippen LogP contribution in [0.5, 0.6) is 5.75 Å². The van der Waals surface area contributed by atoms with E-state index in [9.17, 15) is 14.7 Å². The molecule has 0 bridgehead atoms. The van der Waals surface area contributed by atoms with Crippen LogP contribution in [0, 0.1) is 6.92 Å². The van der Waals surface area contributed by atoms with Crippen LogP contribution in [0.4, 0.5) is 0 Å². The number of aromatic hydroxyl groups is 1. The van der Waals surface area contributed by atoms with Gasteiger partial charge in [0.2, 0.25) is 0 Å². The van der Waals surface area contributed by atoms with Crippen molar-refractivity contribution >= 4 is 22.4 Å². The maximum Gasteiger partial charge on any atom is 0.275 e. The van der Waals surface area contributed by atoms with Crippen molar-refractivity contribution in [3.63, 3.8) is 0 Å². The SMILES string of the molecule is Cc1cc2c(=O)[nH]n(C(C)C)c(=O)c2c(Cl)c1O. The lowest BCUT2D eigenvalue weighted by molar-refractivity contribution is 0.471. The summed E-state index contributed by atoms with van der Waals surface area (Å²) in [4.78, 5) is 24.1. The number of aryl methyl sites for hydroxylation is 1. The fraction of sp³-hybridized carbons (Fsp3) is 0.333. The molecule has 2 rings (SSSR count). The van der Waals surface area contributed by atoms with Crippen molar-refractivity contribution in [2.45, 2.75) is 26.8 Å². The maximum absolute atomic E-state index is 12.2. The van der Waals surface area contributed by atoms with Crippen LogP contribution < -0.4 is 11.1 Å². The summed E-state index contributed by atoms with van der Waals surface area (Å²) >= 11 is 5.97.